The van der Waals surface area contributed by atoms with Crippen LogP contribution in [-0.4, -0.2) is 23.7 Å². The van der Waals surface area contributed by atoms with Crippen molar-refractivity contribution < 1.29 is 4.79 Å². The maximum absolute atomic E-state index is 12.2. The first kappa shape index (κ1) is 15.0. The minimum atomic E-state index is -0.0743. The lowest BCUT2D eigenvalue weighted by Gasteiger charge is -2.10. The predicted octanol–water partition coefficient (Wildman–Crippen LogP) is 3.71. The maximum Gasteiger partial charge on any atom is 0.251 e. The number of carbonyl (C=O) groups excluding carboxylic acids is 1. The number of nitrogens with one attached hydrogen (secondary N) is 1. The van der Waals surface area contributed by atoms with Crippen LogP contribution in [0.25, 0.3) is 10.9 Å². The van der Waals surface area contributed by atoms with E-state index in [2.05, 4.69) is 46.7 Å². The van der Waals surface area contributed by atoms with Crippen molar-refractivity contribution in [2.45, 2.75) is 13.5 Å². The molecular formula is C19H19N3O. The zero-order valence-electron chi connectivity index (χ0n) is 13.1. The summed E-state index contributed by atoms with van der Waals surface area (Å²) in [6.07, 6.45) is 0. The summed E-state index contributed by atoms with van der Waals surface area (Å²) in [6, 6.07) is 17.5. The number of carbonyl (C=O) groups is 1. The number of aliphatic imine (C=N–C) groups is 1. The summed E-state index contributed by atoms with van der Waals surface area (Å²) in [4.78, 5) is 16.0. The van der Waals surface area contributed by atoms with E-state index in [1.54, 1.807) is 24.3 Å². The van der Waals surface area contributed by atoms with Gasteiger partial charge in [0, 0.05) is 29.9 Å². The van der Waals surface area contributed by atoms with Crippen LogP contribution in [0.1, 0.15) is 16.1 Å². The van der Waals surface area contributed by atoms with Crippen LogP contribution in [-0.2, 0) is 6.54 Å². The third kappa shape index (κ3) is 3.16. The Labute approximate surface area is 135 Å². The highest BCUT2D eigenvalue weighted by Crippen LogP contribution is 2.18. The average Bonchev–Trinajstić information content (AvgIpc) is 2.90. The van der Waals surface area contributed by atoms with E-state index < -0.39 is 0 Å². The number of aryl methyl sites for hydroxylation is 1. The van der Waals surface area contributed by atoms with Crippen molar-refractivity contribution in [3.8, 4) is 0 Å². The second-order valence-electron chi connectivity index (χ2n) is 5.46. The van der Waals surface area contributed by atoms with Crippen LogP contribution >= 0.6 is 0 Å². The fourth-order valence-electron chi connectivity index (χ4n) is 2.75. The normalized spacial score (nSPS) is 10.7. The van der Waals surface area contributed by atoms with Crippen molar-refractivity contribution in [3.05, 3.63) is 65.9 Å². The molecule has 2 aromatic carbocycles. The van der Waals surface area contributed by atoms with Gasteiger partial charge in [-0.25, -0.2) is 0 Å². The van der Waals surface area contributed by atoms with Crippen LogP contribution in [0.4, 0.5) is 5.69 Å². The lowest BCUT2D eigenvalue weighted by Crippen LogP contribution is -2.27. The maximum atomic E-state index is 12.2. The van der Waals surface area contributed by atoms with Crippen molar-refractivity contribution >= 4 is 29.2 Å². The van der Waals surface area contributed by atoms with Crippen LogP contribution in [0.3, 0.4) is 0 Å². The zero-order chi connectivity index (χ0) is 16.2. The van der Waals surface area contributed by atoms with Crippen molar-refractivity contribution in [3.63, 3.8) is 0 Å². The Balaban J connectivity index is 1.65. The number of aromatic nitrogens is 1. The van der Waals surface area contributed by atoms with Crippen molar-refractivity contribution in [1.29, 1.82) is 0 Å². The molecule has 0 spiro atoms. The van der Waals surface area contributed by atoms with Crippen molar-refractivity contribution in [1.82, 2.24) is 9.88 Å². The van der Waals surface area contributed by atoms with E-state index in [9.17, 15) is 4.79 Å². The molecule has 23 heavy (non-hydrogen) atoms. The minimum Gasteiger partial charge on any atom is -0.350 e. The lowest BCUT2D eigenvalue weighted by atomic mass is 10.2. The number of amides is 1. The third-order valence-corrected chi connectivity index (χ3v) is 3.95. The molecule has 0 saturated carbocycles. The van der Waals surface area contributed by atoms with Gasteiger partial charge in [-0.3, -0.25) is 9.79 Å². The number of fused-ring (bicyclic) bond motifs is 1. The Morgan fingerprint density at radius 2 is 1.91 bits per heavy atom. The van der Waals surface area contributed by atoms with E-state index in [4.69, 9.17) is 0 Å². The van der Waals surface area contributed by atoms with E-state index in [0.29, 0.717) is 12.1 Å². The average molecular weight is 305 g/mol. The Kier molecular flexibility index (Phi) is 4.24. The molecule has 3 aromatic rings. The molecule has 1 heterocycles. The molecule has 3 rings (SSSR count). The largest absolute Gasteiger partial charge is 0.350 e. The number of hydrogen-bond donors (Lipinski definition) is 1. The van der Waals surface area contributed by atoms with Gasteiger partial charge in [0.2, 0.25) is 0 Å². The Morgan fingerprint density at radius 1 is 1.17 bits per heavy atom. The second kappa shape index (κ2) is 6.48. The fourth-order valence-corrected chi connectivity index (χ4v) is 2.75. The predicted molar refractivity (Wildman–Crippen MR) is 94.7 cm³/mol. The van der Waals surface area contributed by atoms with E-state index in [-0.39, 0.29) is 5.91 Å². The molecule has 0 bridgehead atoms. The Hall–Kier alpha value is -2.88. The summed E-state index contributed by atoms with van der Waals surface area (Å²) in [5.41, 5.74) is 3.78. The van der Waals surface area contributed by atoms with Gasteiger partial charge in [-0.2, -0.15) is 0 Å². The van der Waals surface area contributed by atoms with Gasteiger partial charge in [-0.1, -0.05) is 18.2 Å². The number of hydrogen-bond acceptors (Lipinski definition) is 2. The van der Waals surface area contributed by atoms with Crippen LogP contribution in [0.2, 0.25) is 0 Å². The molecule has 0 aliphatic heterocycles. The number of rotatable bonds is 5. The molecule has 1 aromatic heterocycles. The summed E-state index contributed by atoms with van der Waals surface area (Å²) < 4.78 is 2.22. The molecule has 0 atom stereocenters. The van der Waals surface area contributed by atoms with Gasteiger partial charge in [0.05, 0.1) is 5.69 Å². The molecule has 0 aliphatic carbocycles. The minimum absolute atomic E-state index is 0.0743. The number of nitrogens with zero attached hydrogens (tertiary/aromatic N) is 2. The van der Waals surface area contributed by atoms with Crippen molar-refractivity contribution in [2.75, 3.05) is 6.54 Å². The zero-order valence-corrected chi connectivity index (χ0v) is 13.1. The van der Waals surface area contributed by atoms with E-state index >= 15 is 0 Å². The van der Waals surface area contributed by atoms with E-state index in [1.807, 2.05) is 12.1 Å². The molecule has 116 valence electrons. The first-order valence-electron chi connectivity index (χ1n) is 7.59. The molecule has 0 fully saturated rings. The topological polar surface area (TPSA) is 46.4 Å². The molecule has 0 radical (unpaired) electrons. The molecule has 0 aliphatic rings. The summed E-state index contributed by atoms with van der Waals surface area (Å²) in [7, 11) is 0. The molecule has 4 nitrogen and oxygen atoms in total. The highest BCUT2D eigenvalue weighted by atomic mass is 16.1. The first-order chi connectivity index (χ1) is 11.2. The monoisotopic (exact) mass is 305 g/mol. The van der Waals surface area contributed by atoms with Gasteiger partial charge in [0.15, 0.2) is 0 Å². The molecule has 4 heteroatoms. The van der Waals surface area contributed by atoms with Gasteiger partial charge in [-0.15, -0.1) is 0 Å². The molecular weight excluding hydrogens is 286 g/mol. The van der Waals surface area contributed by atoms with Gasteiger partial charge in [0.25, 0.3) is 5.91 Å². The van der Waals surface area contributed by atoms with Crippen LogP contribution in [0, 0.1) is 6.92 Å². The van der Waals surface area contributed by atoms with Gasteiger partial charge >= 0.3 is 0 Å². The molecule has 0 saturated heterocycles. The fraction of sp³-hybridized carbons (Fsp3) is 0.158. The quantitative estimate of drug-likeness (QED) is 0.718. The smallest absolute Gasteiger partial charge is 0.251 e. The standard InChI is InChI=1S/C19H19N3O/c1-14-13-16-5-3-4-6-18(16)22(14)12-11-21-19(23)15-7-9-17(20-2)10-8-15/h3-10,13H,2,11-12H2,1H3,(H,21,23). The highest BCUT2D eigenvalue weighted by Gasteiger charge is 2.07. The molecule has 1 N–H and O–H groups in total. The number of para-hydroxylation sites is 1. The summed E-state index contributed by atoms with van der Waals surface area (Å²) in [5, 5.41) is 4.19. The lowest BCUT2D eigenvalue weighted by molar-refractivity contribution is 0.0952. The number of benzene rings is 2. The van der Waals surface area contributed by atoms with Gasteiger partial charge in [0.1, 0.15) is 0 Å². The highest BCUT2D eigenvalue weighted by molar-refractivity contribution is 5.94. The van der Waals surface area contributed by atoms with Crippen molar-refractivity contribution in [2.24, 2.45) is 4.99 Å². The Morgan fingerprint density at radius 3 is 2.65 bits per heavy atom. The third-order valence-electron chi connectivity index (χ3n) is 3.95. The van der Waals surface area contributed by atoms with Crippen LogP contribution < -0.4 is 5.32 Å². The molecule has 1 amide bonds. The summed E-state index contributed by atoms with van der Waals surface area (Å²) in [6.45, 7) is 6.88. The SMILES string of the molecule is C=Nc1ccc(C(=O)NCCn2c(C)cc3ccccc32)cc1. The molecule has 0 unspecified atom stereocenters. The van der Waals surface area contributed by atoms with E-state index in [0.717, 1.165) is 12.2 Å². The second-order valence-corrected chi connectivity index (χ2v) is 5.46. The van der Waals surface area contributed by atoms with E-state index in [1.165, 1.54) is 16.6 Å². The Bertz CT molecular complexity index is 847. The van der Waals surface area contributed by atoms with Gasteiger partial charge < -0.3 is 9.88 Å². The summed E-state index contributed by atoms with van der Waals surface area (Å²) >= 11 is 0. The van der Waals surface area contributed by atoms with Crippen LogP contribution in [0.15, 0.2) is 59.6 Å². The van der Waals surface area contributed by atoms with Gasteiger partial charge in [-0.05, 0) is 55.4 Å². The summed E-state index contributed by atoms with van der Waals surface area (Å²) in [5.74, 6) is -0.0743. The van der Waals surface area contributed by atoms with Crippen LogP contribution in [0.5, 0.6) is 0 Å². The first-order valence-corrected chi connectivity index (χ1v) is 7.59.